The molecule has 1 aliphatic rings. The Hall–Kier alpha value is -1.95. The van der Waals surface area contributed by atoms with Gasteiger partial charge in [-0.2, -0.15) is 0 Å². The number of amides is 2. The third kappa shape index (κ3) is 3.05. The largest absolute Gasteiger partial charge is 0.504 e. The molecule has 1 atom stereocenters. The number of phenols is 1. The minimum absolute atomic E-state index is 0.00703. The molecule has 112 valence electrons. The Bertz CT molecular complexity index is 612. The van der Waals surface area contributed by atoms with E-state index < -0.39 is 0 Å². The van der Waals surface area contributed by atoms with Crippen LogP contribution in [0.25, 0.3) is 6.08 Å². The number of benzene rings is 1. The van der Waals surface area contributed by atoms with E-state index >= 15 is 0 Å². The predicted molar refractivity (Wildman–Crippen MR) is 82.2 cm³/mol. The lowest BCUT2D eigenvalue weighted by Gasteiger charge is -2.19. The SMILES string of the molecule is CC[C@H](C)N1C(=O)S/C(=C/c2ccc(OC)c(O)c2)C1=O. The van der Waals surface area contributed by atoms with Crippen LogP contribution in [-0.4, -0.2) is 34.3 Å². The number of hydrogen-bond acceptors (Lipinski definition) is 5. The van der Waals surface area contributed by atoms with E-state index in [0.29, 0.717) is 22.6 Å². The highest BCUT2D eigenvalue weighted by molar-refractivity contribution is 8.18. The Morgan fingerprint density at radius 3 is 2.71 bits per heavy atom. The van der Waals surface area contributed by atoms with E-state index in [-0.39, 0.29) is 22.9 Å². The zero-order valence-corrected chi connectivity index (χ0v) is 12.9. The third-order valence-corrected chi connectivity index (χ3v) is 4.24. The van der Waals surface area contributed by atoms with Gasteiger partial charge in [0.25, 0.3) is 11.1 Å². The van der Waals surface area contributed by atoms with Gasteiger partial charge in [0.05, 0.1) is 12.0 Å². The quantitative estimate of drug-likeness (QED) is 0.865. The van der Waals surface area contributed by atoms with Crippen molar-refractivity contribution in [3.05, 3.63) is 28.7 Å². The topological polar surface area (TPSA) is 66.8 Å². The van der Waals surface area contributed by atoms with Crippen LogP contribution in [0.15, 0.2) is 23.1 Å². The van der Waals surface area contributed by atoms with Crippen molar-refractivity contribution in [3.8, 4) is 11.5 Å². The Labute approximate surface area is 127 Å². The average molecular weight is 307 g/mol. The van der Waals surface area contributed by atoms with Crippen molar-refractivity contribution < 1.29 is 19.4 Å². The summed E-state index contributed by atoms with van der Waals surface area (Å²) in [6.07, 6.45) is 2.32. The summed E-state index contributed by atoms with van der Waals surface area (Å²) >= 11 is 0.922. The lowest BCUT2D eigenvalue weighted by molar-refractivity contribution is -0.124. The summed E-state index contributed by atoms with van der Waals surface area (Å²) in [6, 6.07) is 4.71. The molecule has 1 fully saturated rings. The molecule has 0 bridgehead atoms. The van der Waals surface area contributed by atoms with E-state index in [0.717, 1.165) is 11.8 Å². The van der Waals surface area contributed by atoms with Crippen molar-refractivity contribution in [2.75, 3.05) is 7.11 Å². The average Bonchev–Trinajstić information content (AvgIpc) is 2.73. The summed E-state index contributed by atoms with van der Waals surface area (Å²) in [6.45, 7) is 3.78. The summed E-state index contributed by atoms with van der Waals surface area (Å²) in [5.41, 5.74) is 0.642. The number of phenolic OH excluding ortho intramolecular Hbond substituents is 1. The van der Waals surface area contributed by atoms with Gasteiger partial charge in [-0.05, 0) is 48.9 Å². The van der Waals surface area contributed by atoms with Crippen molar-refractivity contribution >= 4 is 29.0 Å². The first kappa shape index (κ1) is 15.4. The maximum Gasteiger partial charge on any atom is 0.293 e. The van der Waals surface area contributed by atoms with Crippen molar-refractivity contribution in [1.82, 2.24) is 4.90 Å². The summed E-state index contributed by atoms with van der Waals surface area (Å²) in [5, 5.41) is 9.49. The second-order valence-corrected chi connectivity index (χ2v) is 5.73. The fourth-order valence-corrected chi connectivity index (χ4v) is 2.92. The van der Waals surface area contributed by atoms with Crippen LogP contribution in [0.1, 0.15) is 25.8 Å². The van der Waals surface area contributed by atoms with E-state index in [1.54, 1.807) is 18.2 Å². The molecule has 21 heavy (non-hydrogen) atoms. The van der Waals surface area contributed by atoms with Crippen LogP contribution < -0.4 is 4.74 Å². The van der Waals surface area contributed by atoms with Gasteiger partial charge in [-0.15, -0.1) is 0 Å². The number of carbonyl (C=O) groups is 2. The number of carbonyl (C=O) groups excluding carboxylic acids is 2. The zero-order chi connectivity index (χ0) is 15.6. The number of aromatic hydroxyl groups is 1. The van der Waals surface area contributed by atoms with Gasteiger partial charge in [-0.1, -0.05) is 13.0 Å². The third-order valence-electron chi connectivity index (χ3n) is 3.36. The first-order valence-electron chi connectivity index (χ1n) is 6.62. The van der Waals surface area contributed by atoms with Crippen LogP contribution >= 0.6 is 11.8 Å². The minimum atomic E-state index is -0.283. The zero-order valence-electron chi connectivity index (χ0n) is 12.1. The maximum absolute atomic E-state index is 12.3. The van der Waals surface area contributed by atoms with Gasteiger partial charge in [-0.25, -0.2) is 0 Å². The van der Waals surface area contributed by atoms with E-state index in [1.807, 2.05) is 13.8 Å². The number of nitrogens with zero attached hydrogens (tertiary/aromatic N) is 1. The van der Waals surface area contributed by atoms with Crippen LogP contribution in [0.4, 0.5) is 4.79 Å². The molecule has 1 heterocycles. The number of imide groups is 1. The van der Waals surface area contributed by atoms with Crippen LogP contribution in [-0.2, 0) is 4.79 Å². The Morgan fingerprint density at radius 1 is 1.43 bits per heavy atom. The van der Waals surface area contributed by atoms with Gasteiger partial charge in [-0.3, -0.25) is 14.5 Å². The van der Waals surface area contributed by atoms with Gasteiger partial charge < -0.3 is 9.84 Å². The number of ether oxygens (including phenoxy) is 1. The summed E-state index contributed by atoms with van der Waals surface area (Å²) in [5.74, 6) is 0.0712. The number of rotatable bonds is 4. The molecule has 6 heteroatoms. The van der Waals surface area contributed by atoms with Crippen LogP contribution in [0.3, 0.4) is 0 Å². The Morgan fingerprint density at radius 2 is 2.14 bits per heavy atom. The standard InChI is InChI=1S/C15H17NO4S/c1-4-9(2)16-14(18)13(21-15(16)19)8-10-5-6-12(20-3)11(17)7-10/h5-9,17H,4H2,1-3H3/b13-8+/t9-/m0/s1. The molecule has 2 rings (SSSR count). The van der Waals surface area contributed by atoms with Gasteiger partial charge in [0.1, 0.15) is 0 Å². The molecule has 0 aliphatic carbocycles. The van der Waals surface area contributed by atoms with Crippen molar-refractivity contribution in [2.24, 2.45) is 0 Å². The summed E-state index contributed by atoms with van der Waals surface area (Å²) < 4.78 is 4.97. The van der Waals surface area contributed by atoms with Crippen LogP contribution in [0, 0.1) is 0 Å². The molecule has 0 radical (unpaired) electrons. The molecule has 1 aromatic rings. The number of thioether (sulfide) groups is 1. The lowest BCUT2D eigenvalue weighted by Crippen LogP contribution is -2.36. The molecule has 1 saturated heterocycles. The van der Waals surface area contributed by atoms with Gasteiger partial charge in [0, 0.05) is 6.04 Å². The van der Waals surface area contributed by atoms with Crippen LogP contribution in [0.2, 0.25) is 0 Å². The lowest BCUT2D eigenvalue weighted by atomic mass is 10.1. The minimum Gasteiger partial charge on any atom is -0.504 e. The molecular weight excluding hydrogens is 290 g/mol. The molecule has 0 spiro atoms. The summed E-state index contributed by atoms with van der Waals surface area (Å²) in [4.78, 5) is 25.8. The van der Waals surface area contributed by atoms with Crippen molar-refractivity contribution in [3.63, 3.8) is 0 Å². The second-order valence-electron chi connectivity index (χ2n) is 4.74. The highest BCUT2D eigenvalue weighted by atomic mass is 32.2. The monoisotopic (exact) mass is 307 g/mol. The van der Waals surface area contributed by atoms with E-state index in [4.69, 9.17) is 4.74 Å². The fourth-order valence-electron chi connectivity index (χ4n) is 1.99. The van der Waals surface area contributed by atoms with E-state index in [2.05, 4.69) is 0 Å². The number of methoxy groups -OCH3 is 1. The molecule has 1 aliphatic heterocycles. The van der Waals surface area contributed by atoms with Crippen molar-refractivity contribution in [2.45, 2.75) is 26.3 Å². The molecule has 0 unspecified atom stereocenters. The first-order valence-corrected chi connectivity index (χ1v) is 7.43. The van der Waals surface area contributed by atoms with Crippen molar-refractivity contribution in [1.29, 1.82) is 0 Å². The molecule has 1 aromatic carbocycles. The fraction of sp³-hybridized carbons (Fsp3) is 0.333. The molecule has 1 N–H and O–H groups in total. The number of hydrogen-bond donors (Lipinski definition) is 1. The first-order chi connectivity index (χ1) is 9.97. The smallest absolute Gasteiger partial charge is 0.293 e. The Balaban J connectivity index is 2.28. The van der Waals surface area contributed by atoms with Gasteiger partial charge in [0.15, 0.2) is 11.5 Å². The molecule has 0 saturated carbocycles. The molecule has 5 nitrogen and oxygen atoms in total. The van der Waals surface area contributed by atoms with E-state index in [9.17, 15) is 14.7 Å². The highest BCUT2D eigenvalue weighted by Gasteiger charge is 2.37. The molecule has 2 amide bonds. The molecular formula is C15H17NO4S. The van der Waals surface area contributed by atoms with Gasteiger partial charge in [0.2, 0.25) is 0 Å². The summed E-state index contributed by atoms with van der Waals surface area (Å²) in [7, 11) is 1.46. The Kier molecular flexibility index (Phi) is 4.57. The van der Waals surface area contributed by atoms with E-state index in [1.165, 1.54) is 18.1 Å². The second kappa shape index (κ2) is 6.22. The molecule has 0 aromatic heterocycles. The highest BCUT2D eigenvalue weighted by Crippen LogP contribution is 2.35. The maximum atomic E-state index is 12.3. The van der Waals surface area contributed by atoms with Crippen LogP contribution in [0.5, 0.6) is 11.5 Å². The predicted octanol–water partition coefficient (Wildman–Crippen LogP) is 3.24. The normalized spacial score (nSPS) is 18.4. The van der Waals surface area contributed by atoms with Gasteiger partial charge >= 0.3 is 0 Å².